The lowest BCUT2D eigenvalue weighted by molar-refractivity contribution is 0.0973. The first-order valence-corrected chi connectivity index (χ1v) is 6.65. The zero-order valence-corrected chi connectivity index (χ0v) is 11.6. The molecule has 0 saturated carbocycles. The Hall–Kier alpha value is -2.20. The molecule has 0 aliphatic rings. The highest BCUT2D eigenvalue weighted by molar-refractivity contribution is 6.35. The van der Waals surface area contributed by atoms with E-state index in [0.717, 1.165) is 23.0 Å². The van der Waals surface area contributed by atoms with Gasteiger partial charge in [0.05, 0.1) is 6.54 Å². The van der Waals surface area contributed by atoms with Gasteiger partial charge in [-0.3, -0.25) is 4.79 Å². The molecule has 21 heavy (non-hydrogen) atoms. The Morgan fingerprint density at radius 1 is 1.10 bits per heavy atom. The molecule has 3 aromatic rings. The van der Waals surface area contributed by atoms with Gasteiger partial charge in [0.1, 0.15) is 0 Å². The second kappa shape index (κ2) is 5.30. The Morgan fingerprint density at radius 2 is 1.90 bits per heavy atom. The van der Waals surface area contributed by atoms with Crippen LogP contribution in [0.5, 0.6) is 0 Å². The number of Topliss-reactive ketones (excluding diaryl/α,β-unsaturated/α-hetero) is 1. The third-order valence-corrected chi connectivity index (χ3v) is 3.65. The van der Waals surface area contributed by atoms with Crippen LogP contribution < -0.4 is 0 Å². The maximum absolute atomic E-state index is 13.2. The van der Waals surface area contributed by atoms with Gasteiger partial charge in [-0.25, -0.2) is 8.78 Å². The third-order valence-electron chi connectivity index (χ3n) is 3.32. The fourth-order valence-corrected chi connectivity index (χ4v) is 2.47. The number of rotatable bonds is 3. The highest BCUT2D eigenvalue weighted by atomic mass is 35.5. The van der Waals surface area contributed by atoms with Crippen molar-refractivity contribution in [3.63, 3.8) is 0 Å². The highest BCUT2D eigenvalue weighted by Gasteiger charge is 2.12. The second-order valence-electron chi connectivity index (χ2n) is 4.67. The molecule has 0 radical (unpaired) electrons. The number of fused-ring (bicyclic) bond motifs is 1. The predicted molar refractivity (Wildman–Crippen MR) is 77.6 cm³/mol. The maximum atomic E-state index is 13.2. The maximum Gasteiger partial charge on any atom is 0.182 e. The number of carbonyl (C=O) groups excluding carboxylic acids is 1. The standard InChI is InChI=1S/C16H10ClF2NO/c17-12-2-1-3-15-11(12)6-7-20(15)9-16(21)10-4-5-13(18)14(19)8-10/h1-8H,9H2. The van der Waals surface area contributed by atoms with Crippen molar-refractivity contribution in [3.8, 4) is 0 Å². The van der Waals surface area contributed by atoms with Crippen molar-refractivity contribution >= 4 is 28.3 Å². The average Bonchev–Trinajstić information content (AvgIpc) is 2.86. The van der Waals surface area contributed by atoms with Gasteiger partial charge in [0.15, 0.2) is 17.4 Å². The first kappa shape index (κ1) is 13.8. The number of halogens is 3. The van der Waals surface area contributed by atoms with Gasteiger partial charge < -0.3 is 4.57 Å². The zero-order valence-electron chi connectivity index (χ0n) is 10.8. The highest BCUT2D eigenvalue weighted by Crippen LogP contribution is 2.24. The number of aromatic nitrogens is 1. The van der Waals surface area contributed by atoms with Crippen molar-refractivity contribution in [2.24, 2.45) is 0 Å². The summed E-state index contributed by atoms with van der Waals surface area (Å²) >= 11 is 6.07. The fourth-order valence-electron chi connectivity index (χ4n) is 2.24. The van der Waals surface area contributed by atoms with Crippen LogP contribution in [-0.4, -0.2) is 10.4 Å². The topological polar surface area (TPSA) is 22.0 Å². The van der Waals surface area contributed by atoms with Crippen LogP contribution in [0.3, 0.4) is 0 Å². The van der Waals surface area contributed by atoms with Gasteiger partial charge in [0.25, 0.3) is 0 Å². The molecule has 106 valence electrons. The van der Waals surface area contributed by atoms with E-state index in [2.05, 4.69) is 0 Å². The lowest BCUT2D eigenvalue weighted by atomic mass is 10.1. The van der Waals surface area contributed by atoms with Crippen LogP contribution in [0, 0.1) is 11.6 Å². The summed E-state index contributed by atoms with van der Waals surface area (Å²) in [6, 6.07) is 10.4. The van der Waals surface area contributed by atoms with E-state index >= 15 is 0 Å². The summed E-state index contributed by atoms with van der Waals surface area (Å²) in [6.45, 7) is 0.0366. The Labute approximate surface area is 124 Å². The lowest BCUT2D eigenvalue weighted by Crippen LogP contribution is -2.10. The molecule has 0 aliphatic heterocycles. The molecule has 1 aromatic heterocycles. The van der Waals surface area contributed by atoms with Gasteiger partial charge >= 0.3 is 0 Å². The summed E-state index contributed by atoms with van der Waals surface area (Å²) in [7, 11) is 0. The summed E-state index contributed by atoms with van der Waals surface area (Å²) in [5.74, 6) is -2.29. The minimum atomic E-state index is -1.03. The van der Waals surface area contributed by atoms with Crippen molar-refractivity contribution in [1.29, 1.82) is 0 Å². The average molecular weight is 306 g/mol. The molecule has 2 nitrogen and oxygen atoms in total. The van der Waals surface area contributed by atoms with Crippen LogP contribution in [0.25, 0.3) is 10.9 Å². The second-order valence-corrected chi connectivity index (χ2v) is 5.08. The molecule has 1 heterocycles. The van der Waals surface area contributed by atoms with E-state index in [0.29, 0.717) is 5.02 Å². The monoisotopic (exact) mass is 305 g/mol. The molecule has 2 aromatic carbocycles. The number of benzene rings is 2. The lowest BCUT2D eigenvalue weighted by Gasteiger charge is -2.06. The summed E-state index contributed by atoms with van der Waals surface area (Å²) in [5.41, 5.74) is 0.955. The molecule has 0 aliphatic carbocycles. The number of hydrogen-bond donors (Lipinski definition) is 0. The number of hydrogen-bond acceptors (Lipinski definition) is 1. The van der Waals surface area contributed by atoms with E-state index in [1.807, 2.05) is 12.1 Å². The first-order chi connectivity index (χ1) is 10.1. The van der Waals surface area contributed by atoms with Crippen LogP contribution >= 0.6 is 11.6 Å². The van der Waals surface area contributed by atoms with E-state index in [1.54, 1.807) is 22.9 Å². The summed E-state index contributed by atoms with van der Waals surface area (Å²) in [5, 5.41) is 1.45. The van der Waals surface area contributed by atoms with E-state index in [9.17, 15) is 13.6 Å². The molecular weight excluding hydrogens is 296 g/mol. The molecule has 0 saturated heterocycles. The zero-order chi connectivity index (χ0) is 15.0. The van der Waals surface area contributed by atoms with Gasteiger partial charge in [-0.05, 0) is 36.4 Å². The van der Waals surface area contributed by atoms with Gasteiger partial charge in [-0.15, -0.1) is 0 Å². The minimum Gasteiger partial charge on any atom is -0.340 e. The molecule has 0 fully saturated rings. The molecule has 0 spiro atoms. The Morgan fingerprint density at radius 3 is 2.67 bits per heavy atom. The van der Waals surface area contributed by atoms with Crippen molar-refractivity contribution in [2.75, 3.05) is 0 Å². The number of ketones is 1. The van der Waals surface area contributed by atoms with Crippen LogP contribution in [-0.2, 0) is 6.54 Å². The van der Waals surface area contributed by atoms with Crippen LogP contribution in [0.15, 0.2) is 48.7 Å². The molecule has 0 atom stereocenters. The van der Waals surface area contributed by atoms with Crippen LogP contribution in [0.1, 0.15) is 10.4 Å². The van der Waals surface area contributed by atoms with Gasteiger partial charge in [-0.1, -0.05) is 17.7 Å². The van der Waals surface area contributed by atoms with E-state index < -0.39 is 11.6 Å². The molecular formula is C16H10ClF2NO. The van der Waals surface area contributed by atoms with Gasteiger partial charge in [0.2, 0.25) is 0 Å². The molecule has 0 N–H and O–H groups in total. The van der Waals surface area contributed by atoms with Crippen LogP contribution in [0.4, 0.5) is 8.78 Å². The minimum absolute atomic E-state index is 0.0366. The van der Waals surface area contributed by atoms with Crippen molar-refractivity contribution in [2.45, 2.75) is 6.54 Å². The molecule has 0 unspecified atom stereocenters. The first-order valence-electron chi connectivity index (χ1n) is 6.28. The Kier molecular flexibility index (Phi) is 3.47. The molecule has 0 bridgehead atoms. The summed E-state index contributed by atoms with van der Waals surface area (Å²) < 4.78 is 27.8. The van der Waals surface area contributed by atoms with Crippen molar-refractivity contribution < 1.29 is 13.6 Å². The van der Waals surface area contributed by atoms with E-state index in [1.165, 1.54) is 6.07 Å². The van der Waals surface area contributed by atoms with Gasteiger partial charge in [-0.2, -0.15) is 0 Å². The number of nitrogens with zero attached hydrogens (tertiary/aromatic N) is 1. The van der Waals surface area contributed by atoms with E-state index in [4.69, 9.17) is 11.6 Å². The quantitative estimate of drug-likeness (QED) is 0.655. The predicted octanol–water partition coefficient (Wildman–Crippen LogP) is 4.46. The molecule has 5 heteroatoms. The molecule has 0 amide bonds. The summed E-state index contributed by atoms with van der Waals surface area (Å²) in [4.78, 5) is 12.2. The van der Waals surface area contributed by atoms with Crippen LogP contribution in [0.2, 0.25) is 5.02 Å². The smallest absolute Gasteiger partial charge is 0.182 e. The van der Waals surface area contributed by atoms with Crippen molar-refractivity contribution in [3.05, 3.63) is 70.9 Å². The third kappa shape index (κ3) is 2.54. The Balaban J connectivity index is 1.93. The largest absolute Gasteiger partial charge is 0.340 e. The normalized spacial score (nSPS) is 11.0. The van der Waals surface area contributed by atoms with E-state index in [-0.39, 0.29) is 17.9 Å². The number of carbonyl (C=O) groups is 1. The Bertz CT molecular complexity index is 841. The van der Waals surface area contributed by atoms with Crippen molar-refractivity contribution in [1.82, 2.24) is 4.57 Å². The molecule has 3 rings (SSSR count). The SMILES string of the molecule is O=C(Cn1ccc2c(Cl)cccc21)c1ccc(F)c(F)c1. The summed E-state index contributed by atoms with van der Waals surface area (Å²) in [6.07, 6.45) is 1.74. The van der Waals surface area contributed by atoms with Gasteiger partial charge in [0, 0.05) is 27.7 Å². The fraction of sp³-hybridized carbons (Fsp3) is 0.0625.